The molecule has 1 unspecified atom stereocenters. The number of amides is 2. The molecule has 0 aliphatic carbocycles. The van der Waals surface area contributed by atoms with Gasteiger partial charge in [0, 0.05) is 39.1 Å². The van der Waals surface area contributed by atoms with E-state index >= 15 is 0 Å². The maximum absolute atomic E-state index is 11.8. The van der Waals surface area contributed by atoms with Crippen LogP contribution in [0.1, 0.15) is 44.8 Å². The summed E-state index contributed by atoms with van der Waals surface area (Å²) in [4.78, 5) is 11.8. The smallest absolute Gasteiger partial charge is 0.314 e. The Morgan fingerprint density at radius 1 is 1.24 bits per heavy atom. The van der Waals surface area contributed by atoms with Gasteiger partial charge in [0.1, 0.15) is 11.6 Å². The first-order chi connectivity index (χ1) is 12.1. The highest BCUT2D eigenvalue weighted by molar-refractivity contribution is 5.73. The highest BCUT2D eigenvalue weighted by Crippen LogP contribution is 2.14. The fourth-order valence-electron chi connectivity index (χ4n) is 2.79. The van der Waals surface area contributed by atoms with Crippen molar-refractivity contribution in [2.45, 2.75) is 58.6 Å². The monoisotopic (exact) mass is 353 g/mol. The minimum absolute atomic E-state index is 0.171. The summed E-state index contributed by atoms with van der Waals surface area (Å²) in [5, 5.41) is 23.7. The standard InChI is InChI=1S/C17H31N5O3/c1-13(2)11-25-12-14(23)10-19-17(24)18-8-7-16-21-20-15-6-4-3-5-9-22(15)16/h13-14,23H,3-12H2,1-2H3,(H2,18,19,24). The summed E-state index contributed by atoms with van der Waals surface area (Å²) >= 11 is 0. The van der Waals surface area contributed by atoms with Gasteiger partial charge in [-0.1, -0.05) is 20.3 Å². The molecule has 0 saturated carbocycles. The molecule has 0 saturated heterocycles. The summed E-state index contributed by atoms with van der Waals surface area (Å²) in [6.45, 7) is 6.55. The molecule has 2 rings (SSSR count). The SMILES string of the molecule is CC(C)COCC(O)CNC(=O)NCCc1nnc2n1CCCCC2. The number of hydrogen-bond donors (Lipinski definition) is 3. The first-order valence-electron chi connectivity index (χ1n) is 9.24. The molecule has 1 aliphatic heterocycles. The molecule has 0 aromatic carbocycles. The minimum atomic E-state index is -0.697. The van der Waals surface area contributed by atoms with Crippen LogP contribution in [-0.4, -0.2) is 58.3 Å². The average molecular weight is 353 g/mol. The van der Waals surface area contributed by atoms with Crippen molar-refractivity contribution >= 4 is 6.03 Å². The number of hydrogen-bond acceptors (Lipinski definition) is 5. The topological polar surface area (TPSA) is 101 Å². The van der Waals surface area contributed by atoms with Crippen molar-refractivity contribution in [2.75, 3.05) is 26.3 Å². The second-order valence-electron chi connectivity index (χ2n) is 6.97. The number of aromatic nitrogens is 3. The van der Waals surface area contributed by atoms with Crippen LogP contribution in [0.25, 0.3) is 0 Å². The minimum Gasteiger partial charge on any atom is -0.389 e. The van der Waals surface area contributed by atoms with Crippen LogP contribution in [-0.2, 0) is 24.1 Å². The van der Waals surface area contributed by atoms with Gasteiger partial charge in [0.2, 0.25) is 0 Å². The number of aryl methyl sites for hydroxylation is 1. The first-order valence-corrected chi connectivity index (χ1v) is 9.24. The third-order valence-electron chi connectivity index (χ3n) is 4.08. The number of rotatable bonds is 9. The van der Waals surface area contributed by atoms with E-state index in [4.69, 9.17) is 4.74 Å². The maximum Gasteiger partial charge on any atom is 0.314 e. The molecular formula is C17H31N5O3. The molecule has 142 valence electrons. The molecule has 1 atom stereocenters. The van der Waals surface area contributed by atoms with Crippen LogP contribution in [0.3, 0.4) is 0 Å². The predicted molar refractivity (Wildman–Crippen MR) is 94.3 cm³/mol. The normalized spacial score (nSPS) is 15.5. The van der Waals surface area contributed by atoms with E-state index < -0.39 is 6.10 Å². The summed E-state index contributed by atoms with van der Waals surface area (Å²) < 4.78 is 7.53. The average Bonchev–Trinajstić information content (AvgIpc) is 2.79. The van der Waals surface area contributed by atoms with Crippen LogP contribution in [0.15, 0.2) is 0 Å². The number of aliphatic hydroxyl groups excluding tert-OH is 1. The summed E-state index contributed by atoms with van der Waals surface area (Å²) in [7, 11) is 0. The van der Waals surface area contributed by atoms with E-state index in [9.17, 15) is 9.90 Å². The number of aliphatic hydroxyl groups is 1. The zero-order valence-corrected chi connectivity index (χ0v) is 15.3. The van der Waals surface area contributed by atoms with E-state index in [0.717, 1.165) is 31.0 Å². The van der Waals surface area contributed by atoms with Crippen molar-refractivity contribution in [1.29, 1.82) is 0 Å². The molecule has 1 aliphatic rings. The first kappa shape index (κ1) is 19.7. The number of urea groups is 1. The number of nitrogens with zero attached hydrogens (tertiary/aromatic N) is 3. The number of ether oxygens (including phenoxy) is 1. The molecular weight excluding hydrogens is 322 g/mol. The van der Waals surface area contributed by atoms with Gasteiger partial charge in [0.25, 0.3) is 0 Å². The van der Waals surface area contributed by atoms with E-state index in [-0.39, 0.29) is 19.2 Å². The van der Waals surface area contributed by atoms with Gasteiger partial charge in [0.05, 0.1) is 12.7 Å². The van der Waals surface area contributed by atoms with E-state index in [0.29, 0.717) is 25.5 Å². The highest BCUT2D eigenvalue weighted by Gasteiger charge is 2.14. The third-order valence-corrected chi connectivity index (χ3v) is 4.08. The van der Waals surface area contributed by atoms with Crippen LogP contribution in [0.2, 0.25) is 0 Å². The lowest BCUT2D eigenvalue weighted by Crippen LogP contribution is -2.41. The molecule has 3 N–H and O–H groups in total. The van der Waals surface area contributed by atoms with Crippen LogP contribution >= 0.6 is 0 Å². The third kappa shape index (κ3) is 6.99. The van der Waals surface area contributed by atoms with Crippen molar-refractivity contribution < 1.29 is 14.6 Å². The Labute approximate surface area is 149 Å². The number of fused-ring (bicyclic) bond motifs is 1. The zero-order chi connectivity index (χ0) is 18.1. The van der Waals surface area contributed by atoms with Gasteiger partial charge in [-0.05, 0) is 18.8 Å². The molecule has 0 fully saturated rings. The van der Waals surface area contributed by atoms with Gasteiger partial charge in [-0.2, -0.15) is 0 Å². The Bertz CT molecular complexity index is 532. The Kier molecular flexibility index (Phi) is 8.14. The van der Waals surface area contributed by atoms with Crippen LogP contribution in [0.4, 0.5) is 4.79 Å². The largest absolute Gasteiger partial charge is 0.389 e. The van der Waals surface area contributed by atoms with Crippen molar-refractivity contribution in [3.05, 3.63) is 11.6 Å². The lowest BCUT2D eigenvalue weighted by molar-refractivity contribution is 0.0273. The summed E-state index contributed by atoms with van der Waals surface area (Å²) in [6, 6.07) is -0.293. The van der Waals surface area contributed by atoms with E-state index in [1.54, 1.807) is 0 Å². The quantitative estimate of drug-likeness (QED) is 0.612. The van der Waals surface area contributed by atoms with Crippen molar-refractivity contribution in [3.63, 3.8) is 0 Å². The Morgan fingerprint density at radius 3 is 2.88 bits per heavy atom. The van der Waals surface area contributed by atoms with Gasteiger partial charge < -0.3 is 25.0 Å². The molecule has 1 aromatic heterocycles. The fourth-order valence-corrected chi connectivity index (χ4v) is 2.79. The van der Waals surface area contributed by atoms with Crippen LogP contribution in [0.5, 0.6) is 0 Å². The van der Waals surface area contributed by atoms with E-state index in [2.05, 4.69) is 25.4 Å². The predicted octanol–water partition coefficient (Wildman–Crippen LogP) is 0.880. The molecule has 0 spiro atoms. The van der Waals surface area contributed by atoms with Crippen molar-refractivity contribution in [3.8, 4) is 0 Å². The van der Waals surface area contributed by atoms with Gasteiger partial charge in [0.15, 0.2) is 0 Å². The Hall–Kier alpha value is -1.67. The maximum atomic E-state index is 11.8. The molecule has 1 aromatic rings. The van der Waals surface area contributed by atoms with Crippen LogP contribution < -0.4 is 10.6 Å². The molecule has 2 amide bonds. The zero-order valence-electron chi connectivity index (χ0n) is 15.3. The van der Waals surface area contributed by atoms with Gasteiger partial charge >= 0.3 is 6.03 Å². The Balaban J connectivity index is 1.62. The fraction of sp³-hybridized carbons (Fsp3) is 0.824. The number of carbonyl (C=O) groups is 1. The van der Waals surface area contributed by atoms with E-state index in [1.165, 1.54) is 12.8 Å². The molecule has 8 heteroatoms. The molecule has 0 bridgehead atoms. The second kappa shape index (κ2) is 10.4. The van der Waals surface area contributed by atoms with Crippen LogP contribution in [0, 0.1) is 5.92 Å². The van der Waals surface area contributed by atoms with Gasteiger partial charge in [-0.3, -0.25) is 0 Å². The van der Waals surface area contributed by atoms with E-state index in [1.807, 2.05) is 13.8 Å². The molecule has 8 nitrogen and oxygen atoms in total. The molecule has 0 radical (unpaired) electrons. The number of nitrogens with one attached hydrogen (secondary N) is 2. The molecule has 2 heterocycles. The summed E-state index contributed by atoms with van der Waals surface area (Å²) in [5.41, 5.74) is 0. The van der Waals surface area contributed by atoms with Crippen molar-refractivity contribution in [1.82, 2.24) is 25.4 Å². The highest BCUT2D eigenvalue weighted by atomic mass is 16.5. The second-order valence-corrected chi connectivity index (χ2v) is 6.97. The summed E-state index contributed by atoms with van der Waals surface area (Å²) in [5.74, 6) is 2.41. The Morgan fingerprint density at radius 2 is 2.08 bits per heavy atom. The lowest BCUT2D eigenvalue weighted by Gasteiger charge is -2.14. The summed E-state index contributed by atoms with van der Waals surface area (Å²) in [6.07, 6.45) is 4.49. The number of carbonyl (C=O) groups excluding carboxylic acids is 1. The van der Waals surface area contributed by atoms with Gasteiger partial charge in [-0.25, -0.2) is 4.79 Å². The molecule has 25 heavy (non-hydrogen) atoms. The van der Waals surface area contributed by atoms with Gasteiger partial charge in [-0.15, -0.1) is 10.2 Å². The lowest BCUT2D eigenvalue weighted by atomic mass is 10.2. The van der Waals surface area contributed by atoms with Crippen molar-refractivity contribution in [2.24, 2.45) is 5.92 Å².